The SMILES string of the molecule is CC(C(=O)O)C(C(=O)O)C1C(C)C2CC1C1C3CCC(C3)C21. The summed E-state index contributed by atoms with van der Waals surface area (Å²) in [6, 6.07) is 0. The molecule has 4 aliphatic rings. The highest BCUT2D eigenvalue weighted by Gasteiger charge is 2.66. The molecule has 0 amide bonds. The molecule has 0 aromatic rings. The van der Waals surface area contributed by atoms with Crippen molar-refractivity contribution in [3.63, 3.8) is 0 Å². The highest BCUT2D eigenvalue weighted by atomic mass is 16.4. The zero-order chi connectivity index (χ0) is 15.8. The van der Waals surface area contributed by atoms with Crippen LogP contribution in [0.1, 0.15) is 39.5 Å². The van der Waals surface area contributed by atoms with E-state index in [2.05, 4.69) is 6.92 Å². The van der Waals surface area contributed by atoms with Crippen molar-refractivity contribution in [2.45, 2.75) is 39.5 Å². The number of hydrogen-bond donors (Lipinski definition) is 2. The molecule has 0 radical (unpaired) electrons. The summed E-state index contributed by atoms with van der Waals surface area (Å²) in [5.74, 6) is 1.37. The quantitative estimate of drug-likeness (QED) is 0.783. The van der Waals surface area contributed by atoms with Crippen LogP contribution in [0, 0.1) is 59.2 Å². The molecule has 0 aromatic heterocycles. The molecule has 4 saturated carbocycles. The first-order valence-corrected chi connectivity index (χ1v) is 8.87. The lowest BCUT2D eigenvalue weighted by atomic mass is 9.59. The summed E-state index contributed by atoms with van der Waals surface area (Å²) in [5.41, 5.74) is 0. The molecule has 10 atom stereocenters. The molecule has 0 heterocycles. The molecule has 10 unspecified atom stereocenters. The maximum atomic E-state index is 11.8. The molecule has 4 nitrogen and oxygen atoms in total. The summed E-state index contributed by atoms with van der Waals surface area (Å²) in [7, 11) is 0. The van der Waals surface area contributed by atoms with Crippen LogP contribution >= 0.6 is 0 Å². The number of carboxylic acid groups (broad SMARTS) is 2. The normalized spacial score (nSPS) is 50.8. The van der Waals surface area contributed by atoms with Crippen molar-refractivity contribution >= 4 is 11.9 Å². The second-order valence-corrected chi connectivity index (χ2v) is 8.48. The summed E-state index contributed by atoms with van der Waals surface area (Å²) in [5, 5.41) is 19.1. The minimum atomic E-state index is -0.966. The predicted molar refractivity (Wildman–Crippen MR) is 80.0 cm³/mol. The Balaban J connectivity index is 1.66. The van der Waals surface area contributed by atoms with Crippen molar-refractivity contribution in [2.24, 2.45) is 59.2 Å². The van der Waals surface area contributed by atoms with Crippen molar-refractivity contribution in [3.8, 4) is 0 Å². The van der Waals surface area contributed by atoms with E-state index >= 15 is 0 Å². The van der Waals surface area contributed by atoms with Crippen LogP contribution in [0.2, 0.25) is 0 Å². The third kappa shape index (κ3) is 1.70. The number of rotatable bonds is 4. The van der Waals surface area contributed by atoms with Crippen molar-refractivity contribution in [1.29, 1.82) is 0 Å². The largest absolute Gasteiger partial charge is 0.481 e. The molecular weight excluding hydrogens is 280 g/mol. The van der Waals surface area contributed by atoms with Gasteiger partial charge in [-0.15, -0.1) is 0 Å². The van der Waals surface area contributed by atoms with E-state index in [0.717, 1.165) is 24.2 Å². The average molecular weight is 306 g/mol. The molecule has 4 bridgehead atoms. The van der Waals surface area contributed by atoms with Gasteiger partial charge in [0, 0.05) is 0 Å². The fourth-order valence-electron chi connectivity index (χ4n) is 7.39. The van der Waals surface area contributed by atoms with Crippen LogP contribution in [-0.4, -0.2) is 22.2 Å². The topological polar surface area (TPSA) is 74.6 Å². The maximum absolute atomic E-state index is 11.8. The summed E-state index contributed by atoms with van der Waals surface area (Å²) in [6.45, 7) is 3.78. The van der Waals surface area contributed by atoms with Crippen LogP contribution in [0.25, 0.3) is 0 Å². The van der Waals surface area contributed by atoms with Crippen LogP contribution in [0.4, 0.5) is 0 Å². The standard InChI is InChI=1S/C18H26O4/c1-7-11-6-12(16-10-4-3-9(5-10)15(11)16)13(7)14(18(21)22)8(2)17(19)20/h7-16H,3-6H2,1-2H3,(H,19,20)(H,21,22). The first-order chi connectivity index (χ1) is 10.4. The summed E-state index contributed by atoms with van der Waals surface area (Å²) >= 11 is 0. The Morgan fingerprint density at radius 1 is 0.955 bits per heavy atom. The van der Waals surface area contributed by atoms with E-state index in [1.807, 2.05) is 0 Å². The first-order valence-electron chi connectivity index (χ1n) is 8.87. The van der Waals surface area contributed by atoms with Gasteiger partial charge < -0.3 is 10.2 Å². The van der Waals surface area contributed by atoms with Crippen LogP contribution in [-0.2, 0) is 9.59 Å². The van der Waals surface area contributed by atoms with E-state index in [4.69, 9.17) is 0 Å². The zero-order valence-electron chi connectivity index (χ0n) is 13.3. The fraction of sp³-hybridized carbons (Fsp3) is 0.889. The summed E-state index contributed by atoms with van der Waals surface area (Å²) in [6.07, 6.45) is 5.21. The molecule has 4 aliphatic carbocycles. The van der Waals surface area contributed by atoms with E-state index < -0.39 is 23.8 Å². The van der Waals surface area contributed by atoms with Crippen LogP contribution in [0.5, 0.6) is 0 Å². The van der Waals surface area contributed by atoms with Crippen molar-refractivity contribution in [3.05, 3.63) is 0 Å². The Labute approximate surface area is 131 Å². The van der Waals surface area contributed by atoms with E-state index in [-0.39, 0.29) is 5.92 Å². The monoisotopic (exact) mass is 306 g/mol. The fourth-order valence-corrected chi connectivity index (χ4v) is 7.39. The molecule has 4 rings (SSSR count). The van der Waals surface area contributed by atoms with E-state index in [0.29, 0.717) is 23.7 Å². The predicted octanol–water partition coefficient (Wildman–Crippen LogP) is 2.97. The minimum absolute atomic E-state index is 0.0641. The molecule has 4 heteroatoms. The van der Waals surface area contributed by atoms with Gasteiger partial charge >= 0.3 is 11.9 Å². The molecular formula is C18H26O4. The van der Waals surface area contributed by atoms with Crippen LogP contribution in [0.15, 0.2) is 0 Å². The van der Waals surface area contributed by atoms with E-state index in [9.17, 15) is 19.8 Å². The van der Waals surface area contributed by atoms with Gasteiger partial charge in [0.15, 0.2) is 0 Å². The number of carboxylic acids is 2. The van der Waals surface area contributed by atoms with Gasteiger partial charge in [-0.1, -0.05) is 13.8 Å². The van der Waals surface area contributed by atoms with E-state index in [1.165, 1.54) is 19.3 Å². The molecule has 0 spiro atoms. The van der Waals surface area contributed by atoms with Crippen LogP contribution in [0.3, 0.4) is 0 Å². The second-order valence-electron chi connectivity index (χ2n) is 8.48. The Kier molecular flexibility index (Phi) is 3.11. The number of aliphatic carboxylic acids is 2. The highest BCUT2D eigenvalue weighted by molar-refractivity contribution is 5.80. The molecule has 4 fully saturated rings. The van der Waals surface area contributed by atoms with Gasteiger partial charge in [0.2, 0.25) is 0 Å². The molecule has 22 heavy (non-hydrogen) atoms. The number of fused-ring (bicyclic) bond motifs is 9. The van der Waals surface area contributed by atoms with Gasteiger partial charge in [-0.05, 0) is 73.0 Å². The molecule has 0 saturated heterocycles. The van der Waals surface area contributed by atoms with Crippen molar-refractivity contribution in [2.75, 3.05) is 0 Å². The summed E-state index contributed by atoms with van der Waals surface area (Å²) in [4.78, 5) is 23.2. The number of carbonyl (C=O) groups is 2. The minimum Gasteiger partial charge on any atom is -0.481 e. The van der Waals surface area contributed by atoms with Gasteiger partial charge in [-0.25, -0.2) is 0 Å². The smallest absolute Gasteiger partial charge is 0.307 e. The van der Waals surface area contributed by atoms with Gasteiger partial charge in [-0.2, -0.15) is 0 Å². The van der Waals surface area contributed by atoms with Gasteiger partial charge in [0.25, 0.3) is 0 Å². The molecule has 2 N–H and O–H groups in total. The lowest BCUT2D eigenvalue weighted by Crippen LogP contribution is -2.45. The average Bonchev–Trinajstić information content (AvgIpc) is 3.17. The number of hydrogen-bond acceptors (Lipinski definition) is 2. The molecule has 0 aromatic carbocycles. The van der Waals surface area contributed by atoms with Crippen LogP contribution < -0.4 is 0 Å². The first kappa shape index (κ1) is 14.5. The van der Waals surface area contributed by atoms with Crippen molar-refractivity contribution < 1.29 is 19.8 Å². The lowest BCUT2D eigenvalue weighted by molar-refractivity contribution is -0.158. The van der Waals surface area contributed by atoms with E-state index in [1.54, 1.807) is 6.92 Å². The lowest BCUT2D eigenvalue weighted by Gasteiger charge is -2.44. The Morgan fingerprint density at radius 2 is 1.55 bits per heavy atom. The van der Waals surface area contributed by atoms with Gasteiger partial charge in [0.05, 0.1) is 11.8 Å². The third-order valence-electron chi connectivity index (χ3n) is 7.98. The second kappa shape index (κ2) is 4.72. The maximum Gasteiger partial charge on any atom is 0.307 e. The molecule has 122 valence electrons. The van der Waals surface area contributed by atoms with Gasteiger partial charge in [0.1, 0.15) is 0 Å². The highest BCUT2D eigenvalue weighted by Crippen LogP contribution is 2.71. The Hall–Kier alpha value is -1.06. The third-order valence-corrected chi connectivity index (χ3v) is 7.98. The summed E-state index contributed by atoms with van der Waals surface area (Å²) < 4.78 is 0. The zero-order valence-corrected chi connectivity index (χ0v) is 13.3. The van der Waals surface area contributed by atoms with Crippen molar-refractivity contribution in [1.82, 2.24) is 0 Å². The molecule has 0 aliphatic heterocycles. The Morgan fingerprint density at radius 3 is 2.09 bits per heavy atom. The van der Waals surface area contributed by atoms with Gasteiger partial charge in [-0.3, -0.25) is 9.59 Å². The Bertz CT molecular complexity index is 515.